The molecule has 9 heteroatoms. The van der Waals surface area contributed by atoms with E-state index < -0.39 is 23.6 Å². The number of aliphatic imine (C=N–C) groups is 2. The first-order chi connectivity index (χ1) is 18.3. The van der Waals surface area contributed by atoms with Crippen LogP contribution >= 0.6 is 11.6 Å². The van der Waals surface area contributed by atoms with Gasteiger partial charge in [0.1, 0.15) is 28.5 Å². The number of ether oxygens (including phenoxy) is 1. The Balaban J connectivity index is 1.23. The van der Waals surface area contributed by atoms with Gasteiger partial charge in [0.2, 0.25) is 5.76 Å². The van der Waals surface area contributed by atoms with Crippen molar-refractivity contribution in [3.05, 3.63) is 88.4 Å². The van der Waals surface area contributed by atoms with Crippen molar-refractivity contribution in [2.45, 2.75) is 25.9 Å². The van der Waals surface area contributed by atoms with E-state index in [-0.39, 0.29) is 5.76 Å². The third-order valence-corrected chi connectivity index (χ3v) is 7.04. The highest BCUT2D eigenvalue weighted by Gasteiger charge is 2.55. The fourth-order valence-electron chi connectivity index (χ4n) is 4.46. The summed E-state index contributed by atoms with van der Waals surface area (Å²) in [6.07, 6.45) is 3.32. The summed E-state index contributed by atoms with van der Waals surface area (Å²) in [6.45, 7) is 1.74. The first-order valence-corrected chi connectivity index (χ1v) is 12.3. The fraction of sp³-hybridized carbons (Fsp3) is 0.172. The first-order valence-electron chi connectivity index (χ1n) is 11.9. The number of hydrogen-bond donors (Lipinski definition) is 2. The lowest BCUT2D eigenvalue weighted by atomic mass is 10.0. The van der Waals surface area contributed by atoms with E-state index in [2.05, 4.69) is 27.1 Å². The normalized spacial score (nSPS) is 17.3. The molecule has 1 atom stereocenters. The average molecular weight is 526 g/mol. The van der Waals surface area contributed by atoms with Crippen molar-refractivity contribution in [3.8, 4) is 11.8 Å². The first kappa shape index (κ1) is 23.8. The van der Waals surface area contributed by atoms with Gasteiger partial charge in [-0.25, -0.2) is 14.8 Å². The number of anilines is 1. The van der Waals surface area contributed by atoms with Crippen molar-refractivity contribution in [1.82, 2.24) is 0 Å². The summed E-state index contributed by atoms with van der Waals surface area (Å²) >= 11 is 6.24. The number of nitrogens with one attached hydrogen (secondary N) is 1. The maximum Gasteiger partial charge on any atom is 0.412 e. The van der Waals surface area contributed by atoms with E-state index in [1.165, 1.54) is 0 Å². The van der Waals surface area contributed by atoms with Gasteiger partial charge in [0.15, 0.2) is 0 Å². The van der Waals surface area contributed by atoms with Crippen LogP contribution in [-0.4, -0.2) is 28.6 Å². The zero-order valence-electron chi connectivity index (χ0n) is 20.1. The minimum Gasteiger partial charge on any atom is -0.481 e. The molecule has 1 unspecified atom stereocenters. The molecule has 1 aromatic heterocycles. The van der Waals surface area contributed by atoms with Crippen LogP contribution in [0.1, 0.15) is 37.2 Å². The molecule has 188 valence electrons. The Hall–Kier alpha value is -4.61. The van der Waals surface area contributed by atoms with Crippen LogP contribution in [0.2, 0.25) is 5.02 Å². The molecule has 0 bridgehead atoms. The van der Waals surface area contributed by atoms with Gasteiger partial charge >= 0.3 is 12.1 Å². The Bertz CT molecular complexity index is 1710. The van der Waals surface area contributed by atoms with E-state index in [0.717, 1.165) is 0 Å². The number of aliphatic carboxylic acids is 1. The number of benzene rings is 2. The highest BCUT2D eigenvalue weighted by atomic mass is 35.5. The molecule has 1 aliphatic carbocycles. The van der Waals surface area contributed by atoms with Crippen molar-refractivity contribution in [1.29, 1.82) is 0 Å². The summed E-state index contributed by atoms with van der Waals surface area (Å²) in [5.74, 6) is 5.30. The molecule has 1 amide bonds. The van der Waals surface area contributed by atoms with E-state index in [1.54, 1.807) is 43.3 Å². The van der Waals surface area contributed by atoms with Crippen LogP contribution in [0, 0.1) is 17.3 Å². The molecule has 3 heterocycles. The maximum absolute atomic E-state index is 12.8. The van der Waals surface area contributed by atoms with Gasteiger partial charge in [0, 0.05) is 22.0 Å². The number of nitrogens with zero attached hydrogens (tertiary/aromatic N) is 2. The number of carbonyl (C=O) groups is 2. The standard InChI is InChI=1S/C29H20ClN3O5/c1-16(18-6-2-4-8-20(18)30)37-28(36)33-26-19-7-3-5-9-23(19)38-24(26)11-10-17-14-21-22(31-17)15-25(32-21)29(12-13-29)27(34)35/h2-9,14-16H,12-13H2,1H3,(H,33,36)(H,34,35). The molecule has 8 nitrogen and oxygen atoms in total. The van der Waals surface area contributed by atoms with Crippen LogP contribution in [0.25, 0.3) is 11.0 Å². The number of fused-ring (bicyclic) bond motifs is 2. The summed E-state index contributed by atoms with van der Waals surface area (Å²) in [6, 6.07) is 14.4. The SMILES string of the molecule is CC(OC(=O)Nc1c(C#CC2=CC3=NC(C4(C(=O)O)CC4)=CC3=N2)oc2ccccc12)c1ccccc1Cl. The molecule has 3 aromatic rings. The monoisotopic (exact) mass is 525 g/mol. The Labute approximate surface area is 222 Å². The van der Waals surface area contributed by atoms with Gasteiger partial charge in [-0.1, -0.05) is 41.9 Å². The lowest BCUT2D eigenvalue weighted by Gasteiger charge is -2.15. The van der Waals surface area contributed by atoms with E-state index in [1.807, 2.05) is 24.3 Å². The van der Waals surface area contributed by atoms with Crippen molar-refractivity contribution in [3.63, 3.8) is 0 Å². The zero-order valence-corrected chi connectivity index (χ0v) is 20.9. The summed E-state index contributed by atoms with van der Waals surface area (Å²) in [4.78, 5) is 33.4. The van der Waals surface area contributed by atoms with Crippen LogP contribution in [0.5, 0.6) is 0 Å². The average Bonchev–Trinajstić information content (AvgIpc) is 3.32. The molecule has 1 saturated carbocycles. The number of amides is 1. The summed E-state index contributed by atoms with van der Waals surface area (Å²) in [5.41, 5.74) is 2.92. The largest absolute Gasteiger partial charge is 0.481 e. The quantitative estimate of drug-likeness (QED) is 0.380. The molecular formula is C29H20ClN3O5. The van der Waals surface area contributed by atoms with Crippen molar-refractivity contribution in [2.75, 3.05) is 5.32 Å². The Kier molecular flexibility index (Phi) is 5.66. The molecule has 3 aliphatic rings. The number of carboxylic acid groups (broad SMARTS) is 1. The van der Waals surface area contributed by atoms with Gasteiger partial charge in [-0.2, -0.15) is 0 Å². The molecule has 0 spiro atoms. The molecule has 0 radical (unpaired) electrons. The van der Waals surface area contributed by atoms with Crippen LogP contribution in [0.3, 0.4) is 0 Å². The van der Waals surface area contributed by atoms with Gasteiger partial charge in [-0.15, -0.1) is 0 Å². The number of carboxylic acids is 1. The minimum absolute atomic E-state index is 0.243. The number of furan rings is 1. The van der Waals surface area contributed by atoms with E-state index in [0.29, 0.717) is 62.9 Å². The molecule has 6 rings (SSSR count). The number of halogens is 1. The molecule has 0 saturated heterocycles. The predicted octanol–water partition coefficient (Wildman–Crippen LogP) is 6.29. The van der Waals surface area contributed by atoms with Gasteiger partial charge in [0.25, 0.3) is 0 Å². The summed E-state index contributed by atoms with van der Waals surface area (Å²) in [7, 11) is 0. The van der Waals surface area contributed by atoms with E-state index >= 15 is 0 Å². The third-order valence-electron chi connectivity index (χ3n) is 6.69. The number of para-hydroxylation sites is 1. The van der Waals surface area contributed by atoms with Crippen molar-refractivity contribution < 1.29 is 23.8 Å². The Morgan fingerprint density at radius 1 is 1.08 bits per heavy atom. The molecular weight excluding hydrogens is 506 g/mol. The number of carbonyl (C=O) groups excluding carboxylic acids is 1. The smallest absolute Gasteiger partial charge is 0.412 e. The van der Waals surface area contributed by atoms with Gasteiger partial charge in [-0.3, -0.25) is 10.1 Å². The second-order valence-electron chi connectivity index (χ2n) is 9.19. The predicted molar refractivity (Wildman–Crippen MR) is 143 cm³/mol. The van der Waals surface area contributed by atoms with Gasteiger partial charge < -0.3 is 14.3 Å². The van der Waals surface area contributed by atoms with Crippen LogP contribution in [0.4, 0.5) is 10.5 Å². The van der Waals surface area contributed by atoms with Crippen LogP contribution < -0.4 is 5.32 Å². The van der Waals surface area contributed by atoms with E-state index in [9.17, 15) is 14.7 Å². The highest BCUT2D eigenvalue weighted by Crippen LogP contribution is 2.53. The number of rotatable bonds is 5. The minimum atomic E-state index is -0.883. The Morgan fingerprint density at radius 2 is 1.82 bits per heavy atom. The molecule has 1 fully saturated rings. The number of allylic oxidation sites excluding steroid dienone is 3. The van der Waals surface area contributed by atoms with Gasteiger partial charge in [0.05, 0.1) is 17.1 Å². The third kappa shape index (κ3) is 4.17. The van der Waals surface area contributed by atoms with E-state index in [4.69, 9.17) is 20.8 Å². The summed E-state index contributed by atoms with van der Waals surface area (Å²) < 4.78 is 11.5. The van der Waals surface area contributed by atoms with Crippen molar-refractivity contribution in [2.24, 2.45) is 15.4 Å². The van der Waals surface area contributed by atoms with Gasteiger partial charge in [-0.05, 0) is 55.9 Å². The molecule has 2 aliphatic heterocycles. The second-order valence-corrected chi connectivity index (χ2v) is 9.59. The molecule has 38 heavy (non-hydrogen) atoms. The number of hydrogen-bond acceptors (Lipinski definition) is 6. The fourth-order valence-corrected chi connectivity index (χ4v) is 4.75. The zero-order chi connectivity index (χ0) is 26.4. The van der Waals surface area contributed by atoms with Crippen LogP contribution in [0.15, 0.2) is 86.5 Å². The van der Waals surface area contributed by atoms with Crippen LogP contribution in [-0.2, 0) is 9.53 Å². The lowest BCUT2D eigenvalue weighted by Crippen LogP contribution is -2.16. The summed E-state index contributed by atoms with van der Waals surface area (Å²) in [5, 5.41) is 13.5. The lowest BCUT2D eigenvalue weighted by molar-refractivity contribution is -0.141. The topological polar surface area (TPSA) is 113 Å². The molecule has 2 N–H and O–H groups in total. The second kappa shape index (κ2) is 9.05. The Morgan fingerprint density at radius 3 is 2.55 bits per heavy atom. The van der Waals surface area contributed by atoms with Crippen molar-refractivity contribution >= 4 is 51.7 Å². The highest BCUT2D eigenvalue weighted by molar-refractivity contribution is 6.54. The molecule has 2 aromatic carbocycles. The maximum atomic E-state index is 12.8.